The Balaban J connectivity index is 1.62. The first-order chi connectivity index (χ1) is 8.66. The molecule has 0 aromatic carbocycles. The summed E-state index contributed by atoms with van der Waals surface area (Å²) in [5.74, 6) is -0.180. The molecule has 0 radical (unpaired) electrons. The fourth-order valence-corrected chi connectivity index (χ4v) is 2.82. The molecular formula is C13H23N3O2. The van der Waals surface area contributed by atoms with Gasteiger partial charge in [-0.05, 0) is 19.9 Å². The lowest BCUT2D eigenvalue weighted by atomic mass is 10.1. The molecule has 1 aliphatic heterocycles. The third-order valence-corrected chi connectivity index (χ3v) is 4.06. The topological polar surface area (TPSA) is 61.4 Å². The average molecular weight is 253 g/mol. The lowest BCUT2D eigenvalue weighted by Crippen LogP contribution is -2.39. The highest BCUT2D eigenvalue weighted by atomic mass is 16.2. The van der Waals surface area contributed by atoms with Crippen LogP contribution in [0.3, 0.4) is 0 Å². The van der Waals surface area contributed by atoms with Gasteiger partial charge in [0.1, 0.15) is 0 Å². The smallest absolute Gasteiger partial charge is 0.225 e. The minimum atomic E-state index is -0.172. The second-order valence-electron chi connectivity index (χ2n) is 5.42. The van der Waals surface area contributed by atoms with E-state index < -0.39 is 0 Å². The van der Waals surface area contributed by atoms with E-state index in [4.69, 9.17) is 0 Å². The van der Waals surface area contributed by atoms with Crippen molar-refractivity contribution in [2.75, 3.05) is 26.7 Å². The first-order valence-corrected chi connectivity index (χ1v) is 6.91. The van der Waals surface area contributed by atoms with E-state index in [0.717, 1.165) is 6.54 Å². The molecule has 2 aliphatic rings. The summed E-state index contributed by atoms with van der Waals surface area (Å²) < 4.78 is 0. The van der Waals surface area contributed by atoms with Gasteiger partial charge in [0.15, 0.2) is 0 Å². The average Bonchev–Trinajstić information content (AvgIpc) is 2.99. The minimum Gasteiger partial charge on any atom is -0.355 e. The Morgan fingerprint density at radius 3 is 2.78 bits per heavy atom. The predicted octanol–water partition coefficient (Wildman–Crippen LogP) is 0.113. The third kappa shape index (κ3) is 3.45. The number of nitrogens with zero attached hydrogens (tertiary/aromatic N) is 1. The summed E-state index contributed by atoms with van der Waals surface area (Å²) in [5, 5.41) is 5.61. The molecule has 0 bridgehead atoms. The van der Waals surface area contributed by atoms with Gasteiger partial charge < -0.3 is 15.5 Å². The third-order valence-electron chi connectivity index (χ3n) is 4.06. The fraction of sp³-hybridized carbons (Fsp3) is 0.846. The Hall–Kier alpha value is -1.10. The first kappa shape index (κ1) is 13.3. The van der Waals surface area contributed by atoms with Crippen molar-refractivity contribution in [3.8, 4) is 0 Å². The van der Waals surface area contributed by atoms with Crippen LogP contribution in [0.5, 0.6) is 0 Å². The Kier molecular flexibility index (Phi) is 4.58. The summed E-state index contributed by atoms with van der Waals surface area (Å²) in [4.78, 5) is 25.1. The van der Waals surface area contributed by atoms with Gasteiger partial charge in [0.2, 0.25) is 11.8 Å². The molecule has 1 aliphatic carbocycles. The van der Waals surface area contributed by atoms with E-state index in [-0.39, 0.29) is 17.7 Å². The molecule has 0 aromatic heterocycles. The molecule has 2 N–H and O–H groups in total. The van der Waals surface area contributed by atoms with Gasteiger partial charge in [0.05, 0.1) is 5.92 Å². The summed E-state index contributed by atoms with van der Waals surface area (Å²) in [6, 6.07) is 0.691. The first-order valence-electron chi connectivity index (χ1n) is 6.91. The molecule has 2 fully saturated rings. The molecule has 102 valence electrons. The number of likely N-dealkylation sites (N-methyl/N-ethyl adjacent to an activating group) is 1. The summed E-state index contributed by atoms with van der Waals surface area (Å²) >= 11 is 0. The van der Waals surface area contributed by atoms with Crippen LogP contribution in [-0.2, 0) is 9.59 Å². The van der Waals surface area contributed by atoms with Crippen LogP contribution in [0.4, 0.5) is 0 Å². The Bertz CT molecular complexity index is 313. The number of carbonyl (C=O) groups excluding carboxylic acids is 2. The van der Waals surface area contributed by atoms with E-state index in [9.17, 15) is 9.59 Å². The van der Waals surface area contributed by atoms with Crippen LogP contribution in [0, 0.1) is 5.92 Å². The highest BCUT2D eigenvalue weighted by Crippen LogP contribution is 2.21. The second kappa shape index (κ2) is 6.18. The molecule has 1 saturated carbocycles. The van der Waals surface area contributed by atoms with Crippen molar-refractivity contribution < 1.29 is 9.59 Å². The molecule has 1 saturated heterocycles. The molecule has 18 heavy (non-hydrogen) atoms. The number of amides is 2. The maximum absolute atomic E-state index is 11.8. The molecule has 1 unspecified atom stereocenters. The molecule has 1 atom stereocenters. The van der Waals surface area contributed by atoms with Crippen LogP contribution in [0.2, 0.25) is 0 Å². The molecular weight excluding hydrogens is 230 g/mol. The lowest BCUT2D eigenvalue weighted by molar-refractivity contribution is -0.126. The van der Waals surface area contributed by atoms with Gasteiger partial charge >= 0.3 is 0 Å². The van der Waals surface area contributed by atoms with E-state index in [1.807, 2.05) is 0 Å². The highest BCUT2D eigenvalue weighted by molar-refractivity contribution is 5.89. The SMILES string of the molecule is CN(CCNC(=O)C1CNC(=O)C1)C1CCCC1. The monoisotopic (exact) mass is 253 g/mol. The van der Waals surface area contributed by atoms with Crippen LogP contribution >= 0.6 is 0 Å². The van der Waals surface area contributed by atoms with Crippen LogP contribution in [0.25, 0.3) is 0 Å². The number of carbonyl (C=O) groups is 2. The van der Waals surface area contributed by atoms with Gasteiger partial charge in [-0.3, -0.25) is 9.59 Å². The van der Waals surface area contributed by atoms with Crippen LogP contribution in [0.1, 0.15) is 32.1 Å². The van der Waals surface area contributed by atoms with E-state index in [1.54, 1.807) is 0 Å². The highest BCUT2D eigenvalue weighted by Gasteiger charge is 2.27. The van der Waals surface area contributed by atoms with E-state index in [0.29, 0.717) is 25.6 Å². The van der Waals surface area contributed by atoms with Gasteiger partial charge in [-0.1, -0.05) is 12.8 Å². The maximum Gasteiger partial charge on any atom is 0.225 e. The largest absolute Gasteiger partial charge is 0.355 e. The van der Waals surface area contributed by atoms with Gasteiger partial charge in [0.25, 0.3) is 0 Å². The number of hydrogen-bond acceptors (Lipinski definition) is 3. The van der Waals surface area contributed by atoms with Crippen LogP contribution in [-0.4, -0.2) is 49.4 Å². The molecule has 5 heteroatoms. The number of hydrogen-bond donors (Lipinski definition) is 2. The van der Waals surface area contributed by atoms with Crippen molar-refractivity contribution in [3.05, 3.63) is 0 Å². The zero-order valence-corrected chi connectivity index (χ0v) is 11.1. The van der Waals surface area contributed by atoms with E-state index >= 15 is 0 Å². The van der Waals surface area contributed by atoms with Crippen molar-refractivity contribution in [2.45, 2.75) is 38.1 Å². The van der Waals surface area contributed by atoms with Crippen LogP contribution in [0.15, 0.2) is 0 Å². The Morgan fingerprint density at radius 2 is 2.17 bits per heavy atom. The van der Waals surface area contributed by atoms with Crippen molar-refractivity contribution >= 4 is 11.8 Å². The maximum atomic E-state index is 11.8. The van der Waals surface area contributed by atoms with Gasteiger partial charge in [-0.15, -0.1) is 0 Å². The van der Waals surface area contributed by atoms with E-state index in [2.05, 4.69) is 22.6 Å². The summed E-state index contributed by atoms with van der Waals surface area (Å²) in [7, 11) is 2.13. The second-order valence-corrected chi connectivity index (χ2v) is 5.42. The zero-order valence-electron chi connectivity index (χ0n) is 11.1. The number of nitrogens with one attached hydrogen (secondary N) is 2. The minimum absolute atomic E-state index is 0.00757. The van der Waals surface area contributed by atoms with Crippen molar-refractivity contribution in [3.63, 3.8) is 0 Å². The summed E-state index contributed by atoms with van der Waals surface area (Å²) in [6.45, 7) is 2.06. The van der Waals surface area contributed by atoms with Gasteiger partial charge in [-0.2, -0.15) is 0 Å². The van der Waals surface area contributed by atoms with Gasteiger partial charge in [0, 0.05) is 32.1 Å². The molecule has 0 aromatic rings. The molecule has 2 amide bonds. The number of rotatable bonds is 5. The predicted molar refractivity (Wildman–Crippen MR) is 69.0 cm³/mol. The normalized spacial score (nSPS) is 24.6. The lowest BCUT2D eigenvalue weighted by Gasteiger charge is -2.24. The molecule has 0 spiro atoms. The Labute approximate surface area is 108 Å². The summed E-state index contributed by atoms with van der Waals surface area (Å²) in [6.07, 6.45) is 5.57. The standard InChI is InChI=1S/C13H23N3O2/c1-16(11-4-2-3-5-11)7-6-14-13(18)10-8-12(17)15-9-10/h10-11H,2-9H2,1H3,(H,14,18)(H,15,17). The van der Waals surface area contributed by atoms with Crippen molar-refractivity contribution in [2.24, 2.45) is 5.92 Å². The Morgan fingerprint density at radius 1 is 1.44 bits per heavy atom. The van der Waals surface area contributed by atoms with Gasteiger partial charge in [-0.25, -0.2) is 0 Å². The molecule has 2 rings (SSSR count). The van der Waals surface area contributed by atoms with Crippen molar-refractivity contribution in [1.29, 1.82) is 0 Å². The van der Waals surface area contributed by atoms with Crippen molar-refractivity contribution in [1.82, 2.24) is 15.5 Å². The zero-order chi connectivity index (χ0) is 13.0. The van der Waals surface area contributed by atoms with E-state index in [1.165, 1.54) is 25.7 Å². The fourth-order valence-electron chi connectivity index (χ4n) is 2.82. The quantitative estimate of drug-likeness (QED) is 0.731. The summed E-state index contributed by atoms with van der Waals surface area (Å²) in [5.41, 5.74) is 0. The molecule has 5 nitrogen and oxygen atoms in total. The molecule has 1 heterocycles. The van der Waals surface area contributed by atoms with Crippen LogP contribution < -0.4 is 10.6 Å².